The lowest BCUT2D eigenvalue weighted by molar-refractivity contribution is 0.0696. The van der Waals surface area contributed by atoms with Crippen LogP contribution in [0.1, 0.15) is 20.7 Å². The lowest BCUT2D eigenvalue weighted by atomic mass is 10.1. The second kappa shape index (κ2) is 5.96. The molecule has 0 aromatic heterocycles. The number of anilines is 1. The van der Waals surface area contributed by atoms with Gasteiger partial charge in [-0.2, -0.15) is 0 Å². The predicted octanol–water partition coefficient (Wildman–Crippen LogP) is 2.09. The molecule has 2 rings (SSSR count). The number of ketones is 1. The van der Waals surface area contributed by atoms with Crippen LogP contribution in [0, 0.1) is 0 Å². The molecule has 6 heteroatoms. The van der Waals surface area contributed by atoms with E-state index in [9.17, 15) is 19.8 Å². The van der Waals surface area contributed by atoms with Crippen molar-refractivity contribution in [1.82, 2.24) is 0 Å². The summed E-state index contributed by atoms with van der Waals surface area (Å²) in [7, 11) is 0. The maximum absolute atomic E-state index is 12.0. The van der Waals surface area contributed by atoms with Gasteiger partial charge in [0.05, 0.1) is 12.1 Å². The normalized spacial score (nSPS) is 10.1. The molecule has 0 bridgehead atoms. The van der Waals surface area contributed by atoms with Gasteiger partial charge in [-0.3, -0.25) is 4.79 Å². The standard InChI is InChI=1S/C15H13NO5/c17-11-2-1-3-12(18)14(11)13(19)8-16-10-6-4-9(5-7-10)15(20)21/h1-7,16-18H,8H2,(H,20,21). The summed E-state index contributed by atoms with van der Waals surface area (Å²) in [6.07, 6.45) is 0. The molecular formula is C15H13NO5. The molecule has 0 unspecified atom stereocenters. The van der Waals surface area contributed by atoms with E-state index in [1.54, 1.807) is 0 Å². The van der Waals surface area contributed by atoms with E-state index in [1.807, 2.05) is 0 Å². The van der Waals surface area contributed by atoms with Gasteiger partial charge in [-0.05, 0) is 36.4 Å². The first-order valence-corrected chi connectivity index (χ1v) is 6.10. The van der Waals surface area contributed by atoms with Gasteiger partial charge in [0.1, 0.15) is 17.1 Å². The van der Waals surface area contributed by atoms with Gasteiger partial charge in [-0.15, -0.1) is 0 Å². The number of hydrogen-bond acceptors (Lipinski definition) is 5. The zero-order valence-corrected chi connectivity index (χ0v) is 10.9. The van der Waals surface area contributed by atoms with Crippen LogP contribution >= 0.6 is 0 Å². The fourth-order valence-electron chi connectivity index (χ4n) is 1.82. The first kappa shape index (κ1) is 14.4. The van der Waals surface area contributed by atoms with Gasteiger partial charge in [0.15, 0.2) is 5.78 Å². The Balaban J connectivity index is 2.06. The molecule has 0 spiro atoms. The number of carboxylic acid groups (broad SMARTS) is 1. The van der Waals surface area contributed by atoms with Gasteiger partial charge >= 0.3 is 5.97 Å². The number of Topliss-reactive ketones (excluding diaryl/α,β-unsaturated/α-hetero) is 1. The molecule has 0 aliphatic carbocycles. The number of phenols is 2. The highest BCUT2D eigenvalue weighted by atomic mass is 16.4. The summed E-state index contributed by atoms with van der Waals surface area (Å²) < 4.78 is 0. The van der Waals surface area contributed by atoms with Crippen molar-refractivity contribution in [1.29, 1.82) is 0 Å². The van der Waals surface area contributed by atoms with Gasteiger partial charge in [0.25, 0.3) is 0 Å². The van der Waals surface area contributed by atoms with E-state index in [0.717, 1.165) is 0 Å². The topological polar surface area (TPSA) is 107 Å². The molecule has 108 valence electrons. The molecule has 0 saturated carbocycles. The first-order valence-electron chi connectivity index (χ1n) is 6.10. The van der Waals surface area contributed by atoms with Crippen LogP contribution in [0.25, 0.3) is 0 Å². The Kier molecular flexibility index (Phi) is 4.08. The average molecular weight is 287 g/mol. The molecule has 0 saturated heterocycles. The van der Waals surface area contributed by atoms with Crippen LogP contribution in [-0.2, 0) is 0 Å². The first-order chi connectivity index (χ1) is 9.99. The molecule has 0 aliphatic rings. The number of carbonyl (C=O) groups is 2. The second-order valence-electron chi connectivity index (χ2n) is 4.33. The summed E-state index contributed by atoms with van der Waals surface area (Å²) in [5, 5.41) is 30.7. The van der Waals surface area contributed by atoms with E-state index in [2.05, 4.69) is 5.32 Å². The van der Waals surface area contributed by atoms with Gasteiger partial charge in [0.2, 0.25) is 0 Å². The van der Waals surface area contributed by atoms with Crippen LogP contribution in [0.4, 0.5) is 5.69 Å². The number of phenolic OH excluding ortho intramolecular Hbond substituents is 2. The lowest BCUT2D eigenvalue weighted by Crippen LogP contribution is -2.14. The van der Waals surface area contributed by atoms with E-state index < -0.39 is 11.8 Å². The quantitative estimate of drug-likeness (QED) is 0.627. The third-order valence-corrected chi connectivity index (χ3v) is 2.88. The van der Waals surface area contributed by atoms with Crippen LogP contribution in [0.15, 0.2) is 42.5 Å². The fraction of sp³-hybridized carbons (Fsp3) is 0.0667. The van der Waals surface area contributed by atoms with Crippen LogP contribution in [-0.4, -0.2) is 33.6 Å². The molecule has 0 atom stereocenters. The maximum Gasteiger partial charge on any atom is 0.335 e. The highest BCUT2D eigenvalue weighted by Gasteiger charge is 2.15. The van der Waals surface area contributed by atoms with Crippen molar-refractivity contribution in [2.24, 2.45) is 0 Å². The summed E-state index contributed by atoms with van der Waals surface area (Å²) in [4.78, 5) is 22.7. The number of aromatic hydroxyl groups is 2. The number of rotatable bonds is 5. The number of nitrogens with one attached hydrogen (secondary N) is 1. The zero-order valence-electron chi connectivity index (χ0n) is 10.9. The molecule has 21 heavy (non-hydrogen) atoms. The van der Waals surface area contributed by atoms with Crippen LogP contribution in [0.3, 0.4) is 0 Å². The number of aromatic carboxylic acids is 1. The van der Waals surface area contributed by atoms with Crippen LogP contribution < -0.4 is 5.32 Å². The van der Waals surface area contributed by atoms with Crippen molar-refractivity contribution in [2.45, 2.75) is 0 Å². The van der Waals surface area contributed by atoms with Gasteiger partial charge in [-0.25, -0.2) is 4.79 Å². The van der Waals surface area contributed by atoms with Crippen molar-refractivity contribution >= 4 is 17.4 Å². The largest absolute Gasteiger partial charge is 0.507 e. The van der Waals surface area contributed by atoms with Crippen LogP contribution in [0.5, 0.6) is 11.5 Å². The lowest BCUT2D eigenvalue weighted by Gasteiger charge is -2.08. The van der Waals surface area contributed by atoms with Crippen molar-refractivity contribution in [3.63, 3.8) is 0 Å². The molecule has 0 amide bonds. The zero-order chi connectivity index (χ0) is 15.4. The molecule has 6 nitrogen and oxygen atoms in total. The monoisotopic (exact) mass is 287 g/mol. The van der Waals surface area contributed by atoms with E-state index in [1.165, 1.54) is 42.5 Å². The van der Waals surface area contributed by atoms with Crippen LogP contribution in [0.2, 0.25) is 0 Å². The number of hydrogen-bond donors (Lipinski definition) is 4. The Morgan fingerprint density at radius 3 is 2.05 bits per heavy atom. The van der Waals surface area contributed by atoms with Gasteiger partial charge in [0, 0.05) is 5.69 Å². The summed E-state index contributed by atoms with van der Waals surface area (Å²) >= 11 is 0. The summed E-state index contributed by atoms with van der Waals surface area (Å²) in [6, 6.07) is 9.94. The van der Waals surface area contributed by atoms with E-state index in [-0.39, 0.29) is 29.2 Å². The Bertz CT molecular complexity index is 659. The molecule has 0 fully saturated rings. The predicted molar refractivity (Wildman–Crippen MR) is 76.0 cm³/mol. The molecule has 4 N–H and O–H groups in total. The second-order valence-corrected chi connectivity index (χ2v) is 4.33. The highest BCUT2D eigenvalue weighted by Crippen LogP contribution is 2.26. The van der Waals surface area contributed by atoms with Crippen molar-refractivity contribution < 1.29 is 24.9 Å². The minimum absolute atomic E-state index is 0.141. The number of benzene rings is 2. The SMILES string of the molecule is O=C(O)c1ccc(NCC(=O)c2c(O)cccc2O)cc1. The maximum atomic E-state index is 12.0. The number of carbonyl (C=O) groups excluding carboxylic acids is 1. The molecule has 0 heterocycles. The third kappa shape index (κ3) is 3.30. The summed E-state index contributed by atoms with van der Waals surface area (Å²) in [6.45, 7) is -0.141. The molecular weight excluding hydrogens is 274 g/mol. The van der Waals surface area contributed by atoms with Crippen molar-refractivity contribution in [3.05, 3.63) is 53.6 Å². The highest BCUT2D eigenvalue weighted by molar-refractivity contribution is 6.03. The van der Waals surface area contributed by atoms with E-state index >= 15 is 0 Å². The molecule has 2 aromatic rings. The minimum Gasteiger partial charge on any atom is -0.507 e. The Hall–Kier alpha value is -3.02. The Morgan fingerprint density at radius 2 is 1.52 bits per heavy atom. The molecule has 0 aliphatic heterocycles. The summed E-state index contributed by atoms with van der Waals surface area (Å²) in [5.41, 5.74) is 0.556. The molecule has 2 aromatic carbocycles. The average Bonchev–Trinajstić information content (AvgIpc) is 2.45. The third-order valence-electron chi connectivity index (χ3n) is 2.88. The van der Waals surface area contributed by atoms with Gasteiger partial charge in [-0.1, -0.05) is 6.07 Å². The minimum atomic E-state index is -1.03. The van der Waals surface area contributed by atoms with Crippen molar-refractivity contribution in [2.75, 3.05) is 11.9 Å². The van der Waals surface area contributed by atoms with E-state index in [0.29, 0.717) is 5.69 Å². The number of carboxylic acids is 1. The fourth-order valence-corrected chi connectivity index (χ4v) is 1.82. The Labute approximate surface area is 120 Å². The molecule has 0 radical (unpaired) electrons. The van der Waals surface area contributed by atoms with E-state index in [4.69, 9.17) is 5.11 Å². The summed E-state index contributed by atoms with van der Waals surface area (Å²) in [5.74, 6) is -2.09. The smallest absolute Gasteiger partial charge is 0.335 e. The Morgan fingerprint density at radius 1 is 0.952 bits per heavy atom. The van der Waals surface area contributed by atoms with Gasteiger partial charge < -0.3 is 20.6 Å². The van der Waals surface area contributed by atoms with Crippen molar-refractivity contribution in [3.8, 4) is 11.5 Å².